The van der Waals surface area contributed by atoms with Gasteiger partial charge in [0.05, 0.1) is 6.20 Å². The van der Waals surface area contributed by atoms with Crippen LogP contribution < -0.4 is 5.49 Å². The Bertz CT molecular complexity index is 365. The zero-order valence-corrected chi connectivity index (χ0v) is 10.3. The largest absolute Gasteiger partial charge is 0.327 e. The summed E-state index contributed by atoms with van der Waals surface area (Å²) in [6, 6.07) is 0.451. The van der Waals surface area contributed by atoms with Gasteiger partial charge in [-0.1, -0.05) is 20.8 Å². The zero-order valence-electron chi connectivity index (χ0n) is 10.3. The van der Waals surface area contributed by atoms with Crippen LogP contribution in [0.25, 0.3) is 0 Å². The van der Waals surface area contributed by atoms with E-state index in [1.165, 1.54) is 0 Å². The molecule has 1 rings (SSSR count). The van der Waals surface area contributed by atoms with Crippen molar-refractivity contribution < 1.29 is 0 Å². The molecule has 0 amide bonds. The first-order valence-corrected chi connectivity index (χ1v) is 5.53. The molecule has 0 saturated carbocycles. The van der Waals surface area contributed by atoms with Gasteiger partial charge in [-0.15, -0.1) is 0 Å². The summed E-state index contributed by atoms with van der Waals surface area (Å²) in [4.78, 5) is 8.32. The monoisotopic (exact) mass is 207 g/mol. The third-order valence-corrected chi connectivity index (χ3v) is 3.25. The molecular formula is C12H21N3. The van der Waals surface area contributed by atoms with Gasteiger partial charge in [-0.25, -0.2) is 0 Å². The van der Waals surface area contributed by atoms with Gasteiger partial charge in [0.1, 0.15) is 5.49 Å². The summed E-state index contributed by atoms with van der Waals surface area (Å²) >= 11 is 0. The fourth-order valence-electron chi connectivity index (χ4n) is 1.69. The van der Waals surface area contributed by atoms with Gasteiger partial charge in [-0.2, -0.15) is 0 Å². The van der Waals surface area contributed by atoms with Crippen molar-refractivity contribution in [2.24, 2.45) is 16.8 Å². The Balaban J connectivity index is 3.06. The Hall–Kier alpha value is -1.12. The molecular weight excluding hydrogens is 186 g/mol. The summed E-state index contributed by atoms with van der Waals surface area (Å²) in [6.07, 6.45) is 5.63. The molecule has 84 valence electrons. The topological polar surface area (TPSA) is 30.2 Å². The van der Waals surface area contributed by atoms with Crippen LogP contribution >= 0.6 is 0 Å². The van der Waals surface area contributed by atoms with Crippen molar-refractivity contribution in [3.8, 4) is 0 Å². The van der Waals surface area contributed by atoms with Gasteiger partial charge in [-0.05, 0) is 18.8 Å². The van der Waals surface area contributed by atoms with Crippen LogP contribution in [0.2, 0.25) is 0 Å². The molecule has 0 aliphatic rings. The number of hydrogen-bond donors (Lipinski definition) is 0. The predicted molar refractivity (Wildman–Crippen MR) is 62.4 cm³/mol. The molecule has 0 N–H and O–H groups in total. The van der Waals surface area contributed by atoms with E-state index in [2.05, 4.69) is 42.2 Å². The molecule has 0 radical (unpaired) electrons. The molecule has 3 heteroatoms. The minimum atomic E-state index is 0.451. The minimum absolute atomic E-state index is 0.451. The van der Waals surface area contributed by atoms with Gasteiger partial charge in [0.15, 0.2) is 0 Å². The Morgan fingerprint density at radius 1 is 1.27 bits per heavy atom. The third kappa shape index (κ3) is 2.67. The van der Waals surface area contributed by atoms with E-state index in [1.54, 1.807) is 7.05 Å². The Morgan fingerprint density at radius 2 is 1.93 bits per heavy atom. The summed E-state index contributed by atoms with van der Waals surface area (Å²) in [5, 5.41) is 0. The van der Waals surface area contributed by atoms with Gasteiger partial charge < -0.3 is 4.57 Å². The molecule has 0 aliphatic heterocycles. The van der Waals surface area contributed by atoms with Gasteiger partial charge in [0.25, 0.3) is 0 Å². The first-order chi connectivity index (χ1) is 7.07. The number of aromatic nitrogens is 2. The highest BCUT2D eigenvalue weighted by molar-refractivity contribution is 4.84. The second kappa shape index (κ2) is 5.10. The van der Waals surface area contributed by atoms with E-state index in [9.17, 15) is 0 Å². The number of nitrogens with zero attached hydrogens (tertiary/aromatic N) is 3. The minimum Gasteiger partial charge on any atom is -0.327 e. The van der Waals surface area contributed by atoms with Crippen LogP contribution in [0, 0.1) is 11.8 Å². The molecule has 0 aromatic carbocycles. The summed E-state index contributed by atoms with van der Waals surface area (Å²) < 4.78 is 2.19. The fourth-order valence-corrected chi connectivity index (χ4v) is 1.69. The van der Waals surface area contributed by atoms with E-state index in [1.807, 2.05) is 18.6 Å². The van der Waals surface area contributed by atoms with E-state index in [-0.39, 0.29) is 0 Å². The second-order valence-corrected chi connectivity index (χ2v) is 4.41. The van der Waals surface area contributed by atoms with Gasteiger partial charge >= 0.3 is 0 Å². The molecule has 2 atom stereocenters. The molecule has 0 fully saturated rings. The Labute approximate surface area is 91.9 Å². The quantitative estimate of drug-likeness (QED) is 0.747. The molecule has 1 unspecified atom stereocenters. The standard InChI is InChI=1S/C12H21N3/c1-9(2)10(3)11(4)15-7-6-14-8-12(15)13-5/h6-11H,1-5H3/b13-12-/t10-,11?/m0/s1. The van der Waals surface area contributed by atoms with Crippen LogP contribution in [-0.4, -0.2) is 16.6 Å². The van der Waals surface area contributed by atoms with Crippen molar-refractivity contribution in [1.29, 1.82) is 0 Å². The molecule has 0 spiro atoms. The van der Waals surface area contributed by atoms with Crippen LogP contribution in [0.15, 0.2) is 23.6 Å². The van der Waals surface area contributed by atoms with Gasteiger partial charge in [-0.3, -0.25) is 9.98 Å². The van der Waals surface area contributed by atoms with Crippen molar-refractivity contribution >= 4 is 0 Å². The van der Waals surface area contributed by atoms with E-state index in [0.717, 1.165) is 5.49 Å². The van der Waals surface area contributed by atoms with Crippen LogP contribution in [0.3, 0.4) is 0 Å². The molecule has 0 saturated heterocycles. The summed E-state index contributed by atoms with van der Waals surface area (Å²) in [5.41, 5.74) is 0.942. The summed E-state index contributed by atoms with van der Waals surface area (Å²) in [7, 11) is 1.81. The first kappa shape index (κ1) is 12.0. The zero-order chi connectivity index (χ0) is 11.4. The van der Waals surface area contributed by atoms with Gasteiger partial charge in [0.2, 0.25) is 0 Å². The van der Waals surface area contributed by atoms with Gasteiger partial charge in [0, 0.05) is 25.5 Å². The average Bonchev–Trinajstić information content (AvgIpc) is 2.26. The third-order valence-electron chi connectivity index (χ3n) is 3.25. The van der Waals surface area contributed by atoms with E-state index in [0.29, 0.717) is 17.9 Å². The molecule has 3 nitrogen and oxygen atoms in total. The lowest BCUT2D eigenvalue weighted by atomic mass is 9.91. The first-order valence-electron chi connectivity index (χ1n) is 5.53. The SMILES string of the molecule is C/N=c1/cnccn1C(C)[C@@H](C)C(C)C. The van der Waals surface area contributed by atoms with Crippen molar-refractivity contribution in [2.75, 3.05) is 7.05 Å². The number of hydrogen-bond acceptors (Lipinski definition) is 2. The van der Waals surface area contributed by atoms with E-state index >= 15 is 0 Å². The summed E-state index contributed by atoms with van der Waals surface area (Å²) in [5.74, 6) is 1.29. The number of rotatable bonds is 3. The predicted octanol–water partition coefficient (Wildman–Crippen LogP) is 2.27. The van der Waals surface area contributed by atoms with E-state index < -0.39 is 0 Å². The van der Waals surface area contributed by atoms with Crippen molar-refractivity contribution in [3.05, 3.63) is 24.1 Å². The normalized spacial score (nSPS) is 16.8. The second-order valence-electron chi connectivity index (χ2n) is 4.41. The lowest BCUT2D eigenvalue weighted by Gasteiger charge is -2.25. The molecule has 1 aromatic heterocycles. The molecule has 0 bridgehead atoms. The molecule has 1 aromatic rings. The lowest BCUT2D eigenvalue weighted by Crippen LogP contribution is -2.29. The van der Waals surface area contributed by atoms with Crippen molar-refractivity contribution in [1.82, 2.24) is 9.55 Å². The van der Waals surface area contributed by atoms with Crippen LogP contribution in [0.1, 0.15) is 33.7 Å². The molecule has 1 heterocycles. The van der Waals surface area contributed by atoms with Crippen molar-refractivity contribution in [2.45, 2.75) is 33.7 Å². The molecule has 15 heavy (non-hydrogen) atoms. The highest BCUT2D eigenvalue weighted by Gasteiger charge is 2.17. The highest BCUT2D eigenvalue weighted by Crippen LogP contribution is 2.22. The van der Waals surface area contributed by atoms with Crippen LogP contribution in [0.5, 0.6) is 0 Å². The van der Waals surface area contributed by atoms with Crippen molar-refractivity contribution in [3.63, 3.8) is 0 Å². The fraction of sp³-hybridized carbons (Fsp3) is 0.667. The maximum atomic E-state index is 4.23. The van der Waals surface area contributed by atoms with E-state index in [4.69, 9.17) is 0 Å². The van der Waals surface area contributed by atoms with Crippen LogP contribution in [0.4, 0.5) is 0 Å². The van der Waals surface area contributed by atoms with Crippen LogP contribution in [-0.2, 0) is 0 Å². The lowest BCUT2D eigenvalue weighted by molar-refractivity contribution is 0.288. The Kier molecular flexibility index (Phi) is 4.06. The average molecular weight is 207 g/mol. The maximum Gasteiger partial charge on any atom is 0.146 e. The Morgan fingerprint density at radius 3 is 2.47 bits per heavy atom. The highest BCUT2D eigenvalue weighted by atomic mass is 15.0. The summed E-state index contributed by atoms with van der Waals surface area (Å²) in [6.45, 7) is 9.03. The molecule has 0 aliphatic carbocycles. The maximum absolute atomic E-state index is 4.23. The smallest absolute Gasteiger partial charge is 0.146 e.